The highest BCUT2D eigenvalue weighted by Crippen LogP contribution is 2.25. The lowest BCUT2D eigenvalue weighted by Crippen LogP contribution is -2.58. The number of ether oxygens (including phenoxy) is 1. The number of hydrogen-bond donors (Lipinski definition) is 3. The second-order valence-corrected chi connectivity index (χ2v) is 10.5. The summed E-state index contributed by atoms with van der Waals surface area (Å²) < 4.78 is 50.4. The van der Waals surface area contributed by atoms with E-state index in [0.29, 0.717) is 37.7 Å². The minimum absolute atomic E-state index is 0.0646. The molecule has 1 fully saturated rings. The molecule has 2 atom stereocenters. The number of halogens is 2. The third kappa shape index (κ3) is 9.64. The van der Waals surface area contributed by atoms with Gasteiger partial charge >= 0.3 is 0 Å². The molecule has 1 saturated heterocycles. The number of hydrogen-bond acceptors (Lipinski definition) is 7. The molecule has 1 aliphatic rings. The second-order valence-electron chi connectivity index (χ2n) is 8.64. The average molecular weight is 545 g/mol. The molecule has 0 bridgehead atoms. The van der Waals surface area contributed by atoms with Crippen LogP contribution in [0.1, 0.15) is 25.0 Å². The fourth-order valence-corrected chi connectivity index (χ4v) is 4.62. The Balaban J connectivity index is 0.00000106. The van der Waals surface area contributed by atoms with E-state index in [2.05, 4.69) is 4.90 Å². The van der Waals surface area contributed by atoms with Crippen molar-refractivity contribution in [2.75, 3.05) is 32.8 Å². The van der Waals surface area contributed by atoms with Crippen molar-refractivity contribution in [1.29, 1.82) is 0 Å². The van der Waals surface area contributed by atoms with Gasteiger partial charge in [0.15, 0.2) is 6.61 Å². The van der Waals surface area contributed by atoms with Crippen LogP contribution in [0.5, 0.6) is 5.75 Å². The molecule has 0 saturated carbocycles. The maximum atomic E-state index is 13.1. The van der Waals surface area contributed by atoms with Gasteiger partial charge in [-0.15, -0.1) is 0 Å². The summed E-state index contributed by atoms with van der Waals surface area (Å²) in [4.78, 5) is 16.8. The zero-order chi connectivity index (χ0) is 26.9. The predicted octanol–water partition coefficient (Wildman–Crippen LogP) is 2.27. The van der Waals surface area contributed by atoms with E-state index in [1.807, 2.05) is 13.8 Å². The molecule has 12 heteroatoms. The Bertz CT molecular complexity index is 1100. The first-order chi connectivity index (χ1) is 16.9. The molecule has 2 aromatic rings. The van der Waals surface area contributed by atoms with E-state index >= 15 is 0 Å². The first-order valence-corrected chi connectivity index (χ1v) is 13.5. The first kappa shape index (κ1) is 29.9. The number of carbonyl (C=O) groups excluding carboxylic acids is 1. The van der Waals surface area contributed by atoms with Crippen LogP contribution < -0.4 is 16.2 Å². The van der Waals surface area contributed by atoms with Gasteiger partial charge in [0, 0.05) is 55.4 Å². The highest BCUT2D eigenvalue weighted by molar-refractivity contribution is 7.85. The molecule has 2 aromatic carbocycles. The molecule has 9 nitrogen and oxygen atoms in total. The molecule has 0 aliphatic carbocycles. The van der Waals surface area contributed by atoms with Crippen molar-refractivity contribution >= 4 is 27.6 Å². The standard InChI is InChI=1S/C22H26ClFN2O5S.C2H8N2/c1-15-11-26(16(2)10-25(15)12-17-3-6-20(24)7-4-17)22(27)13-31-21-8-5-19(23)9-18(21)14-32(28,29)30;3-1-2-4/h3-9,15-16H,10-14H2,1-2H3,(H,28,29,30);1-4H2/t15-,16+;/m0./s1. The zero-order valence-corrected chi connectivity index (χ0v) is 22.0. The quantitative estimate of drug-likeness (QED) is 0.430. The number of rotatable bonds is 8. The molecule has 200 valence electrons. The van der Waals surface area contributed by atoms with Crippen molar-refractivity contribution in [3.63, 3.8) is 0 Å². The minimum atomic E-state index is -4.29. The van der Waals surface area contributed by atoms with Gasteiger partial charge in [-0.2, -0.15) is 8.42 Å². The molecule has 0 radical (unpaired) electrons. The van der Waals surface area contributed by atoms with E-state index in [0.717, 1.165) is 5.56 Å². The molecular weight excluding hydrogens is 511 g/mol. The molecule has 0 aromatic heterocycles. The van der Waals surface area contributed by atoms with E-state index < -0.39 is 15.9 Å². The molecule has 0 spiro atoms. The number of nitrogens with two attached hydrogens (primary N) is 2. The fraction of sp³-hybridized carbons (Fsp3) is 0.458. The molecule has 1 aliphatic heterocycles. The maximum absolute atomic E-state index is 13.1. The van der Waals surface area contributed by atoms with Gasteiger partial charge in [0.2, 0.25) is 0 Å². The number of carbonyl (C=O) groups is 1. The number of piperazine rings is 1. The van der Waals surface area contributed by atoms with Crippen LogP contribution in [0.4, 0.5) is 4.39 Å². The van der Waals surface area contributed by atoms with Crippen molar-refractivity contribution in [1.82, 2.24) is 9.80 Å². The second kappa shape index (κ2) is 13.9. The zero-order valence-electron chi connectivity index (χ0n) is 20.4. The van der Waals surface area contributed by atoms with Crippen LogP contribution in [0.2, 0.25) is 5.02 Å². The summed E-state index contributed by atoms with van der Waals surface area (Å²) in [5.41, 5.74) is 11.0. The van der Waals surface area contributed by atoms with Gasteiger partial charge < -0.3 is 21.1 Å². The number of amides is 1. The summed E-state index contributed by atoms with van der Waals surface area (Å²) in [6, 6.07) is 10.8. The minimum Gasteiger partial charge on any atom is -0.483 e. The van der Waals surface area contributed by atoms with E-state index in [9.17, 15) is 17.6 Å². The Kier molecular flexibility index (Phi) is 11.5. The average Bonchev–Trinajstić information content (AvgIpc) is 2.81. The van der Waals surface area contributed by atoms with Gasteiger partial charge in [-0.3, -0.25) is 14.2 Å². The lowest BCUT2D eigenvalue weighted by Gasteiger charge is -2.44. The fourth-order valence-electron chi connectivity index (χ4n) is 3.81. The van der Waals surface area contributed by atoms with Gasteiger partial charge in [-0.05, 0) is 49.7 Å². The first-order valence-electron chi connectivity index (χ1n) is 11.5. The summed E-state index contributed by atoms with van der Waals surface area (Å²) in [7, 11) is -4.29. The Morgan fingerprint density at radius 2 is 1.75 bits per heavy atom. The van der Waals surface area contributed by atoms with Crippen molar-refractivity contribution < 1.29 is 26.9 Å². The Morgan fingerprint density at radius 3 is 2.33 bits per heavy atom. The van der Waals surface area contributed by atoms with Crippen LogP contribution >= 0.6 is 11.6 Å². The summed E-state index contributed by atoms with van der Waals surface area (Å²) in [5.74, 6) is -0.979. The Labute approximate surface area is 216 Å². The van der Waals surface area contributed by atoms with Crippen molar-refractivity contribution in [2.24, 2.45) is 11.5 Å². The van der Waals surface area contributed by atoms with Crippen LogP contribution in [0.15, 0.2) is 42.5 Å². The van der Waals surface area contributed by atoms with Gasteiger partial charge in [-0.1, -0.05) is 23.7 Å². The summed E-state index contributed by atoms with van der Waals surface area (Å²) >= 11 is 5.91. The summed E-state index contributed by atoms with van der Waals surface area (Å²) in [6.07, 6.45) is 0. The molecule has 3 rings (SSSR count). The van der Waals surface area contributed by atoms with Crippen molar-refractivity contribution in [3.8, 4) is 5.75 Å². The normalized spacial score (nSPS) is 18.4. The van der Waals surface area contributed by atoms with Gasteiger partial charge in [0.05, 0.1) is 0 Å². The van der Waals surface area contributed by atoms with E-state index in [1.54, 1.807) is 17.0 Å². The van der Waals surface area contributed by atoms with Gasteiger partial charge in [-0.25, -0.2) is 4.39 Å². The van der Waals surface area contributed by atoms with E-state index in [-0.39, 0.29) is 41.7 Å². The molecule has 0 unspecified atom stereocenters. The van der Waals surface area contributed by atoms with Crippen LogP contribution in [0.25, 0.3) is 0 Å². The summed E-state index contributed by atoms with van der Waals surface area (Å²) in [6.45, 7) is 6.72. The third-order valence-electron chi connectivity index (χ3n) is 5.61. The van der Waals surface area contributed by atoms with Crippen LogP contribution in [-0.4, -0.2) is 73.5 Å². The van der Waals surface area contributed by atoms with Crippen molar-refractivity contribution in [2.45, 2.75) is 38.2 Å². The topological polar surface area (TPSA) is 139 Å². The SMILES string of the molecule is C[C@@H]1CN(Cc2ccc(F)cc2)[C@@H](C)CN1C(=O)COc1ccc(Cl)cc1CS(=O)(=O)O.NCCN. The van der Waals surface area contributed by atoms with Crippen LogP contribution in [-0.2, 0) is 27.2 Å². The third-order valence-corrected chi connectivity index (χ3v) is 6.52. The monoisotopic (exact) mass is 544 g/mol. The van der Waals surface area contributed by atoms with E-state index in [1.165, 1.54) is 30.3 Å². The van der Waals surface area contributed by atoms with Crippen LogP contribution in [0, 0.1) is 5.82 Å². The lowest BCUT2D eigenvalue weighted by atomic mass is 10.1. The lowest BCUT2D eigenvalue weighted by molar-refractivity contribution is -0.139. The van der Waals surface area contributed by atoms with Gasteiger partial charge in [0.25, 0.3) is 16.0 Å². The smallest absolute Gasteiger partial charge is 0.269 e. The molecular formula is C24H34ClFN4O5S. The van der Waals surface area contributed by atoms with Gasteiger partial charge in [0.1, 0.15) is 17.3 Å². The molecule has 36 heavy (non-hydrogen) atoms. The van der Waals surface area contributed by atoms with E-state index in [4.69, 9.17) is 32.4 Å². The highest BCUT2D eigenvalue weighted by Gasteiger charge is 2.32. The Morgan fingerprint density at radius 1 is 1.11 bits per heavy atom. The largest absolute Gasteiger partial charge is 0.483 e. The van der Waals surface area contributed by atoms with Crippen LogP contribution in [0.3, 0.4) is 0 Å². The number of benzene rings is 2. The number of nitrogens with zero attached hydrogens (tertiary/aromatic N) is 2. The molecule has 1 amide bonds. The maximum Gasteiger partial charge on any atom is 0.269 e. The highest BCUT2D eigenvalue weighted by atomic mass is 35.5. The Hall–Kier alpha value is -2.28. The molecule has 5 N–H and O–H groups in total. The summed E-state index contributed by atoms with van der Waals surface area (Å²) in [5, 5.41) is 0.294. The molecule has 1 heterocycles. The van der Waals surface area contributed by atoms with Crippen molar-refractivity contribution in [3.05, 3.63) is 64.4 Å². The predicted molar refractivity (Wildman–Crippen MR) is 138 cm³/mol.